The molecule has 2 rings (SSSR count). The molecule has 0 spiro atoms. The predicted octanol–water partition coefficient (Wildman–Crippen LogP) is 4.32. The predicted molar refractivity (Wildman–Crippen MR) is 72.8 cm³/mol. The van der Waals surface area contributed by atoms with Crippen LogP contribution in [-0.2, 0) is 0 Å². The van der Waals surface area contributed by atoms with E-state index in [4.69, 9.17) is 4.74 Å². The number of aromatic nitrogens is 1. The van der Waals surface area contributed by atoms with Crippen molar-refractivity contribution in [1.29, 1.82) is 0 Å². The van der Waals surface area contributed by atoms with Crippen molar-refractivity contribution in [3.05, 3.63) is 46.0 Å². The Morgan fingerprint density at radius 3 is 2.94 bits per heavy atom. The van der Waals surface area contributed by atoms with Crippen LogP contribution in [-0.4, -0.2) is 11.6 Å². The summed E-state index contributed by atoms with van der Waals surface area (Å²) in [5, 5.41) is 1.03. The fourth-order valence-electron chi connectivity index (χ4n) is 1.43. The third-order valence-electron chi connectivity index (χ3n) is 2.10. The number of hydrogen-bond donors (Lipinski definition) is 0. The van der Waals surface area contributed by atoms with Gasteiger partial charge < -0.3 is 4.74 Å². The standard InChI is InChI=1S/C12H9Br2NO/c1-2-6-16-12-10(14)7-9(13)8-4-3-5-15-11(8)12/h2-5,7H,1,6H2. The minimum atomic E-state index is 0.464. The summed E-state index contributed by atoms with van der Waals surface area (Å²) in [6.07, 6.45) is 3.46. The second-order valence-electron chi connectivity index (χ2n) is 3.17. The molecular weight excluding hydrogens is 334 g/mol. The van der Waals surface area contributed by atoms with E-state index in [2.05, 4.69) is 43.4 Å². The highest BCUT2D eigenvalue weighted by Crippen LogP contribution is 2.37. The summed E-state index contributed by atoms with van der Waals surface area (Å²) in [7, 11) is 0. The first-order valence-electron chi connectivity index (χ1n) is 4.70. The number of halogens is 2. The van der Waals surface area contributed by atoms with Crippen LogP contribution in [0.15, 0.2) is 46.0 Å². The lowest BCUT2D eigenvalue weighted by atomic mass is 10.2. The first kappa shape index (κ1) is 11.6. The lowest BCUT2D eigenvalue weighted by Gasteiger charge is -2.10. The second kappa shape index (κ2) is 4.97. The maximum atomic E-state index is 5.61. The van der Waals surface area contributed by atoms with E-state index in [9.17, 15) is 0 Å². The van der Waals surface area contributed by atoms with Gasteiger partial charge in [-0.3, -0.25) is 4.98 Å². The van der Waals surface area contributed by atoms with Crippen molar-refractivity contribution in [3.63, 3.8) is 0 Å². The van der Waals surface area contributed by atoms with Gasteiger partial charge in [0.2, 0.25) is 0 Å². The van der Waals surface area contributed by atoms with E-state index in [-0.39, 0.29) is 0 Å². The maximum absolute atomic E-state index is 5.61. The fourth-order valence-corrected chi connectivity index (χ4v) is 2.81. The number of ether oxygens (including phenoxy) is 1. The highest BCUT2D eigenvalue weighted by Gasteiger charge is 2.10. The molecule has 0 aliphatic rings. The minimum Gasteiger partial charge on any atom is -0.486 e. The van der Waals surface area contributed by atoms with Gasteiger partial charge in [0.15, 0.2) is 5.75 Å². The largest absolute Gasteiger partial charge is 0.486 e. The van der Waals surface area contributed by atoms with Crippen molar-refractivity contribution in [2.75, 3.05) is 6.61 Å². The summed E-state index contributed by atoms with van der Waals surface area (Å²) >= 11 is 6.97. The molecule has 4 heteroatoms. The van der Waals surface area contributed by atoms with Gasteiger partial charge in [0.1, 0.15) is 12.1 Å². The van der Waals surface area contributed by atoms with E-state index in [0.717, 1.165) is 25.6 Å². The number of rotatable bonds is 3. The Morgan fingerprint density at radius 2 is 2.19 bits per heavy atom. The molecule has 0 fully saturated rings. The molecule has 2 nitrogen and oxygen atoms in total. The Bertz CT molecular complexity index is 540. The lowest BCUT2D eigenvalue weighted by molar-refractivity contribution is 0.364. The van der Waals surface area contributed by atoms with E-state index in [1.807, 2.05) is 18.2 Å². The lowest BCUT2D eigenvalue weighted by Crippen LogP contribution is -1.96. The molecule has 1 aromatic heterocycles. The summed E-state index contributed by atoms with van der Waals surface area (Å²) in [5.41, 5.74) is 0.839. The normalized spacial score (nSPS) is 10.4. The summed E-state index contributed by atoms with van der Waals surface area (Å²) in [5.74, 6) is 0.749. The van der Waals surface area contributed by atoms with Gasteiger partial charge in [-0.25, -0.2) is 0 Å². The van der Waals surface area contributed by atoms with Crippen molar-refractivity contribution in [3.8, 4) is 5.75 Å². The van der Waals surface area contributed by atoms with E-state index in [1.54, 1.807) is 12.3 Å². The molecule has 0 aliphatic carbocycles. The van der Waals surface area contributed by atoms with E-state index in [0.29, 0.717) is 6.61 Å². The number of hydrogen-bond acceptors (Lipinski definition) is 2. The van der Waals surface area contributed by atoms with Crippen LogP contribution < -0.4 is 4.74 Å². The highest BCUT2D eigenvalue weighted by molar-refractivity contribution is 9.11. The Morgan fingerprint density at radius 1 is 1.38 bits per heavy atom. The fraction of sp³-hybridized carbons (Fsp3) is 0.0833. The first-order valence-corrected chi connectivity index (χ1v) is 6.29. The van der Waals surface area contributed by atoms with Crippen LogP contribution in [0.3, 0.4) is 0 Å². The highest BCUT2D eigenvalue weighted by atomic mass is 79.9. The molecule has 0 saturated heterocycles. The van der Waals surface area contributed by atoms with Gasteiger partial charge in [-0.05, 0) is 28.1 Å². The van der Waals surface area contributed by atoms with Crippen LogP contribution in [0.5, 0.6) is 5.75 Å². The third kappa shape index (κ3) is 2.13. The first-order chi connectivity index (χ1) is 7.74. The number of pyridine rings is 1. The van der Waals surface area contributed by atoms with Crippen molar-refractivity contribution >= 4 is 42.8 Å². The molecule has 16 heavy (non-hydrogen) atoms. The van der Waals surface area contributed by atoms with E-state index >= 15 is 0 Å². The maximum Gasteiger partial charge on any atom is 0.160 e. The second-order valence-corrected chi connectivity index (χ2v) is 4.88. The van der Waals surface area contributed by atoms with Gasteiger partial charge in [0.25, 0.3) is 0 Å². The van der Waals surface area contributed by atoms with Gasteiger partial charge in [-0.1, -0.05) is 34.7 Å². The average molecular weight is 343 g/mol. The van der Waals surface area contributed by atoms with Crippen molar-refractivity contribution in [2.24, 2.45) is 0 Å². The summed E-state index contributed by atoms with van der Waals surface area (Å²) < 4.78 is 7.48. The van der Waals surface area contributed by atoms with Crippen molar-refractivity contribution < 1.29 is 4.74 Å². The summed E-state index contributed by atoms with van der Waals surface area (Å²) in [6.45, 7) is 4.10. The third-order valence-corrected chi connectivity index (χ3v) is 3.34. The van der Waals surface area contributed by atoms with Crippen LogP contribution >= 0.6 is 31.9 Å². The van der Waals surface area contributed by atoms with E-state index in [1.165, 1.54) is 0 Å². The molecule has 0 atom stereocenters. The number of benzene rings is 1. The Hall–Kier alpha value is -0.870. The summed E-state index contributed by atoms with van der Waals surface area (Å²) in [6, 6.07) is 5.86. The zero-order valence-corrected chi connectivity index (χ0v) is 11.6. The molecule has 0 bridgehead atoms. The average Bonchev–Trinajstić information content (AvgIpc) is 2.29. The molecule has 0 aliphatic heterocycles. The Labute approximate surface area is 111 Å². The van der Waals surface area contributed by atoms with Gasteiger partial charge in [-0.2, -0.15) is 0 Å². The van der Waals surface area contributed by atoms with E-state index < -0.39 is 0 Å². The number of fused-ring (bicyclic) bond motifs is 1. The molecule has 0 N–H and O–H groups in total. The molecule has 1 aromatic carbocycles. The number of nitrogens with zero attached hydrogens (tertiary/aromatic N) is 1. The van der Waals surface area contributed by atoms with Gasteiger partial charge in [0, 0.05) is 16.1 Å². The summed E-state index contributed by atoms with van der Waals surface area (Å²) in [4.78, 5) is 4.34. The molecule has 0 saturated carbocycles. The Balaban J connectivity index is 2.66. The van der Waals surface area contributed by atoms with Gasteiger partial charge in [-0.15, -0.1) is 0 Å². The van der Waals surface area contributed by atoms with Gasteiger partial charge in [0.05, 0.1) is 4.47 Å². The van der Waals surface area contributed by atoms with Crippen LogP contribution in [0, 0.1) is 0 Å². The van der Waals surface area contributed by atoms with Crippen molar-refractivity contribution in [1.82, 2.24) is 4.98 Å². The van der Waals surface area contributed by atoms with Crippen LogP contribution in [0.4, 0.5) is 0 Å². The quantitative estimate of drug-likeness (QED) is 0.775. The molecule has 2 aromatic rings. The molecule has 0 radical (unpaired) electrons. The zero-order chi connectivity index (χ0) is 11.5. The monoisotopic (exact) mass is 341 g/mol. The van der Waals surface area contributed by atoms with Gasteiger partial charge >= 0.3 is 0 Å². The molecule has 82 valence electrons. The SMILES string of the molecule is C=CCOc1c(Br)cc(Br)c2cccnc12. The topological polar surface area (TPSA) is 22.1 Å². The Kier molecular flexibility index (Phi) is 3.61. The minimum absolute atomic E-state index is 0.464. The molecular formula is C12H9Br2NO. The van der Waals surface area contributed by atoms with Crippen LogP contribution in [0.25, 0.3) is 10.9 Å². The molecule has 0 amide bonds. The van der Waals surface area contributed by atoms with Crippen LogP contribution in [0.1, 0.15) is 0 Å². The smallest absolute Gasteiger partial charge is 0.160 e. The zero-order valence-electron chi connectivity index (χ0n) is 8.41. The molecule has 1 heterocycles. The molecule has 0 unspecified atom stereocenters. The van der Waals surface area contributed by atoms with Crippen molar-refractivity contribution in [2.45, 2.75) is 0 Å². The van der Waals surface area contributed by atoms with Crippen LogP contribution in [0.2, 0.25) is 0 Å².